The van der Waals surface area contributed by atoms with E-state index >= 15 is 0 Å². The molecule has 0 saturated heterocycles. The second-order valence-corrected chi connectivity index (χ2v) is 4.01. The Kier molecular flexibility index (Phi) is 5.64. The summed E-state index contributed by atoms with van der Waals surface area (Å²) < 4.78 is 11.8. The van der Waals surface area contributed by atoms with Crippen LogP contribution in [0.25, 0.3) is 0 Å². The van der Waals surface area contributed by atoms with Crippen LogP contribution in [0.2, 0.25) is 0 Å². The molecule has 0 spiro atoms. The van der Waals surface area contributed by atoms with Gasteiger partial charge in [0.25, 0.3) is 0 Å². The van der Waals surface area contributed by atoms with E-state index in [9.17, 15) is 4.79 Å². The van der Waals surface area contributed by atoms with Gasteiger partial charge in [-0.1, -0.05) is 0 Å². The van der Waals surface area contributed by atoms with Crippen LogP contribution in [-0.2, 0) is 20.8 Å². The first-order chi connectivity index (χ1) is 8.56. The maximum atomic E-state index is 11.6. The fraction of sp³-hybridized carbons (Fsp3) is 0.667. The average Bonchev–Trinajstić information content (AvgIpc) is 2.57. The van der Waals surface area contributed by atoms with Crippen molar-refractivity contribution < 1.29 is 14.3 Å². The molecule has 1 aromatic rings. The van der Waals surface area contributed by atoms with E-state index in [1.54, 1.807) is 4.68 Å². The molecule has 2 N–H and O–H groups in total. The molecule has 6 nitrogen and oxygen atoms in total. The van der Waals surface area contributed by atoms with Crippen molar-refractivity contribution in [2.75, 3.05) is 25.6 Å². The third-order valence-electron chi connectivity index (χ3n) is 2.62. The van der Waals surface area contributed by atoms with Crippen LogP contribution in [0.3, 0.4) is 0 Å². The van der Waals surface area contributed by atoms with Crippen molar-refractivity contribution in [2.45, 2.75) is 33.7 Å². The summed E-state index contributed by atoms with van der Waals surface area (Å²) in [5.41, 5.74) is 7.93. The zero-order chi connectivity index (χ0) is 13.5. The van der Waals surface area contributed by atoms with Gasteiger partial charge in [0.05, 0.1) is 23.7 Å². The molecule has 1 rings (SSSR count). The molecule has 102 valence electrons. The molecule has 1 aromatic heterocycles. The lowest BCUT2D eigenvalue weighted by Gasteiger charge is -2.06. The van der Waals surface area contributed by atoms with Crippen molar-refractivity contribution >= 4 is 11.7 Å². The largest absolute Gasteiger partial charge is 0.464 e. The number of aromatic nitrogens is 2. The van der Waals surface area contributed by atoms with Crippen LogP contribution in [0.4, 0.5) is 5.69 Å². The van der Waals surface area contributed by atoms with Crippen LogP contribution in [0.15, 0.2) is 0 Å². The van der Waals surface area contributed by atoms with Gasteiger partial charge in [-0.2, -0.15) is 5.10 Å². The van der Waals surface area contributed by atoms with E-state index in [2.05, 4.69) is 5.10 Å². The van der Waals surface area contributed by atoms with E-state index in [0.29, 0.717) is 31.9 Å². The minimum absolute atomic E-state index is 0.0957. The van der Waals surface area contributed by atoms with Crippen molar-refractivity contribution in [3.05, 3.63) is 11.4 Å². The molecule has 6 heteroatoms. The summed E-state index contributed by atoms with van der Waals surface area (Å²) in [4.78, 5) is 11.6. The van der Waals surface area contributed by atoms with E-state index in [0.717, 1.165) is 11.4 Å². The first-order valence-electron chi connectivity index (χ1n) is 6.09. The third kappa shape index (κ3) is 4.03. The number of rotatable bonds is 7. The van der Waals surface area contributed by atoms with Gasteiger partial charge in [0, 0.05) is 19.6 Å². The SMILES string of the molecule is CCOCCCOC(=O)Cn1nc(C)c(N)c1C. The van der Waals surface area contributed by atoms with Crippen molar-refractivity contribution in [1.29, 1.82) is 0 Å². The molecular formula is C12H21N3O3. The Hall–Kier alpha value is -1.56. The lowest BCUT2D eigenvalue weighted by atomic mass is 10.3. The van der Waals surface area contributed by atoms with E-state index in [1.165, 1.54) is 0 Å². The monoisotopic (exact) mass is 255 g/mol. The van der Waals surface area contributed by atoms with Crippen LogP contribution in [-0.4, -0.2) is 35.6 Å². The number of ether oxygens (including phenoxy) is 2. The highest BCUT2D eigenvalue weighted by Crippen LogP contribution is 2.14. The number of carbonyl (C=O) groups is 1. The number of esters is 1. The minimum atomic E-state index is -0.308. The summed E-state index contributed by atoms with van der Waals surface area (Å²) >= 11 is 0. The zero-order valence-corrected chi connectivity index (χ0v) is 11.2. The Labute approximate surface area is 107 Å². The van der Waals surface area contributed by atoms with Crippen LogP contribution in [0.1, 0.15) is 24.7 Å². The fourth-order valence-electron chi connectivity index (χ4n) is 1.52. The topological polar surface area (TPSA) is 79.4 Å². The Morgan fingerprint density at radius 1 is 1.39 bits per heavy atom. The second kappa shape index (κ2) is 7.00. The molecule has 0 unspecified atom stereocenters. The standard InChI is InChI=1S/C12H21N3O3/c1-4-17-6-5-7-18-11(16)8-15-10(3)12(13)9(2)14-15/h4-8,13H2,1-3H3. The molecule has 0 saturated carbocycles. The van der Waals surface area contributed by atoms with Gasteiger partial charge in [0.15, 0.2) is 0 Å². The Bertz CT molecular complexity index is 402. The highest BCUT2D eigenvalue weighted by molar-refractivity contribution is 5.69. The van der Waals surface area contributed by atoms with E-state index < -0.39 is 0 Å². The fourth-order valence-corrected chi connectivity index (χ4v) is 1.52. The van der Waals surface area contributed by atoms with Gasteiger partial charge in [0.1, 0.15) is 6.54 Å². The predicted octanol–water partition coefficient (Wildman–Crippen LogP) is 1.05. The molecule has 0 aliphatic rings. The number of nitrogen functional groups attached to an aromatic ring is 1. The number of hydrogen-bond acceptors (Lipinski definition) is 5. The molecule has 0 aliphatic heterocycles. The van der Waals surface area contributed by atoms with Crippen LogP contribution in [0, 0.1) is 13.8 Å². The average molecular weight is 255 g/mol. The number of carbonyl (C=O) groups excluding carboxylic acids is 1. The Morgan fingerprint density at radius 2 is 2.11 bits per heavy atom. The molecule has 0 atom stereocenters. The maximum Gasteiger partial charge on any atom is 0.327 e. The highest BCUT2D eigenvalue weighted by atomic mass is 16.5. The summed E-state index contributed by atoms with van der Waals surface area (Å²) in [6.45, 7) is 7.32. The summed E-state index contributed by atoms with van der Waals surface area (Å²) in [5, 5.41) is 4.17. The van der Waals surface area contributed by atoms with Crippen LogP contribution in [0.5, 0.6) is 0 Å². The molecule has 0 fully saturated rings. The van der Waals surface area contributed by atoms with Gasteiger partial charge in [-0.25, -0.2) is 0 Å². The van der Waals surface area contributed by atoms with Gasteiger partial charge >= 0.3 is 5.97 Å². The van der Waals surface area contributed by atoms with Crippen LogP contribution >= 0.6 is 0 Å². The second-order valence-electron chi connectivity index (χ2n) is 4.01. The lowest BCUT2D eigenvalue weighted by molar-refractivity contribution is -0.145. The van der Waals surface area contributed by atoms with Crippen molar-refractivity contribution in [3.8, 4) is 0 Å². The first-order valence-corrected chi connectivity index (χ1v) is 6.09. The number of anilines is 1. The van der Waals surface area contributed by atoms with Crippen LogP contribution < -0.4 is 5.73 Å². The summed E-state index contributed by atoms with van der Waals surface area (Å²) in [6.07, 6.45) is 0.707. The number of aryl methyl sites for hydroxylation is 1. The predicted molar refractivity (Wildman–Crippen MR) is 68.2 cm³/mol. The molecule has 1 heterocycles. The molecule has 0 radical (unpaired) electrons. The third-order valence-corrected chi connectivity index (χ3v) is 2.62. The minimum Gasteiger partial charge on any atom is -0.464 e. The summed E-state index contributed by atoms with van der Waals surface area (Å²) in [7, 11) is 0. The van der Waals surface area contributed by atoms with Crippen molar-refractivity contribution in [2.24, 2.45) is 0 Å². The molecule has 0 amide bonds. The smallest absolute Gasteiger partial charge is 0.327 e. The van der Waals surface area contributed by atoms with Crippen molar-refractivity contribution in [3.63, 3.8) is 0 Å². The molecule has 18 heavy (non-hydrogen) atoms. The molecular weight excluding hydrogens is 234 g/mol. The zero-order valence-electron chi connectivity index (χ0n) is 11.2. The van der Waals surface area contributed by atoms with Gasteiger partial charge in [-0.15, -0.1) is 0 Å². The Balaban J connectivity index is 2.33. The lowest BCUT2D eigenvalue weighted by Crippen LogP contribution is -2.17. The number of nitrogens with zero attached hydrogens (tertiary/aromatic N) is 2. The molecule has 0 bridgehead atoms. The summed E-state index contributed by atoms with van der Waals surface area (Å²) in [5.74, 6) is -0.308. The Morgan fingerprint density at radius 3 is 2.67 bits per heavy atom. The van der Waals surface area contributed by atoms with Gasteiger partial charge < -0.3 is 15.2 Å². The first kappa shape index (κ1) is 14.5. The van der Waals surface area contributed by atoms with E-state index in [-0.39, 0.29) is 12.5 Å². The normalized spacial score (nSPS) is 10.6. The summed E-state index contributed by atoms with van der Waals surface area (Å²) in [6, 6.07) is 0. The van der Waals surface area contributed by atoms with Gasteiger partial charge in [-0.05, 0) is 20.8 Å². The van der Waals surface area contributed by atoms with E-state index in [4.69, 9.17) is 15.2 Å². The maximum absolute atomic E-state index is 11.6. The highest BCUT2D eigenvalue weighted by Gasteiger charge is 2.11. The number of nitrogens with two attached hydrogens (primary N) is 1. The molecule has 0 aromatic carbocycles. The molecule has 0 aliphatic carbocycles. The van der Waals surface area contributed by atoms with Gasteiger partial charge in [0.2, 0.25) is 0 Å². The quantitative estimate of drug-likeness (QED) is 0.582. The van der Waals surface area contributed by atoms with E-state index in [1.807, 2.05) is 20.8 Å². The van der Waals surface area contributed by atoms with Crippen molar-refractivity contribution in [1.82, 2.24) is 9.78 Å². The number of hydrogen-bond donors (Lipinski definition) is 1. The van der Waals surface area contributed by atoms with Gasteiger partial charge in [-0.3, -0.25) is 9.48 Å².